The van der Waals surface area contributed by atoms with Crippen LogP contribution in [0.3, 0.4) is 0 Å². The zero-order valence-corrected chi connectivity index (χ0v) is 12.5. The van der Waals surface area contributed by atoms with E-state index in [9.17, 15) is 0 Å². The van der Waals surface area contributed by atoms with E-state index in [2.05, 4.69) is 41.2 Å². The molecule has 1 fully saturated rings. The zero-order valence-electron chi connectivity index (χ0n) is 12.5. The van der Waals surface area contributed by atoms with Crippen molar-refractivity contribution in [3.05, 3.63) is 24.4 Å². The molecule has 108 valence electrons. The summed E-state index contributed by atoms with van der Waals surface area (Å²) in [7, 11) is 0. The molecule has 1 atom stereocenters. The third kappa shape index (κ3) is 4.21. The van der Waals surface area contributed by atoms with Crippen LogP contribution in [0.2, 0.25) is 0 Å². The summed E-state index contributed by atoms with van der Waals surface area (Å²) in [5.41, 5.74) is 0.189. The van der Waals surface area contributed by atoms with Crippen LogP contribution in [0.15, 0.2) is 24.4 Å². The van der Waals surface area contributed by atoms with E-state index in [4.69, 9.17) is 5.26 Å². The smallest absolute Gasteiger partial charge is 0.128 e. The Morgan fingerprint density at radius 3 is 3.05 bits per heavy atom. The van der Waals surface area contributed by atoms with Gasteiger partial charge in [0.15, 0.2) is 0 Å². The molecule has 0 spiro atoms. The normalized spacial score (nSPS) is 19.1. The van der Waals surface area contributed by atoms with Gasteiger partial charge < -0.3 is 10.2 Å². The molecule has 4 heteroatoms. The number of nitrogens with one attached hydrogen (secondary N) is 1. The number of anilines is 1. The molecule has 20 heavy (non-hydrogen) atoms. The number of hydrogen-bond acceptors (Lipinski definition) is 4. The van der Waals surface area contributed by atoms with E-state index in [-0.39, 0.29) is 5.41 Å². The third-order valence-electron chi connectivity index (χ3n) is 3.94. The molecule has 2 heterocycles. The fraction of sp³-hybridized carbons (Fsp3) is 0.625. The Hall–Kier alpha value is -1.60. The molecule has 4 nitrogen and oxygen atoms in total. The van der Waals surface area contributed by atoms with Crippen LogP contribution in [0.1, 0.15) is 33.1 Å². The summed E-state index contributed by atoms with van der Waals surface area (Å²) in [6, 6.07) is 8.82. The second-order valence-corrected chi connectivity index (χ2v) is 6.32. The number of aromatic nitrogens is 1. The van der Waals surface area contributed by atoms with Crippen LogP contribution in [-0.2, 0) is 0 Å². The lowest BCUT2D eigenvalue weighted by molar-refractivity contribution is 0.303. The van der Waals surface area contributed by atoms with E-state index < -0.39 is 0 Å². The van der Waals surface area contributed by atoms with Crippen molar-refractivity contribution in [2.75, 3.05) is 24.5 Å². The van der Waals surface area contributed by atoms with Gasteiger partial charge in [0.05, 0.1) is 6.07 Å². The minimum atomic E-state index is 0.189. The fourth-order valence-corrected chi connectivity index (χ4v) is 2.58. The molecule has 1 aliphatic rings. The largest absolute Gasteiger partial charge is 0.355 e. The van der Waals surface area contributed by atoms with E-state index in [1.165, 1.54) is 0 Å². The van der Waals surface area contributed by atoms with E-state index in [1.54, 1.807) is 0 Å². The predicted molar refractivity (Wildman–Crippen MR) is 81.5 cm³/mol. The van der Waals surface area contributed by atoms with Crippen LogP contribution in [0.25, 0.3) is 0 Å². The van der Waals surface area contributed by atoms with Crippen LogP contribution >= 0.6 is 0 Å². The molecule has 0 unspecified atom stereocenters. The average Bonchev–Trinajstić information content (AvgIpc) is 2.93. The molecule has 1 aliphatic heterocycles. The van der Waals surface area contributed by atoms with Crippen molar-refractivity contribution in [2.45, 2.75) is 39.2 Å². The topological polar surface area (TPSA) is 52.0 Å². The molecule has 0 aromatic carbocycles. The van der Waals surface area contributed by atoms with Crippen LogP contribution in [0, 0.1) is 16.7 Å². The molecule has 0 bridgehead atoms. The standard InChI is InChI=1S/C16H24N4/c1-16(2,8-5-9-17)13-19-14-7-11-20(12-14)15-6-3-4-10-18-15/h3-4,6,10,14,19H,5,7-8,11-13H2,1-2H3/t14-/m0/s1. The maximum absolute atomic E-state index is 8.69. The lowest BCUT2D eigenvalue weighted by Crippen LogP contribution is -2.38. The molecule has 0 aliphatic carbocycles. The summed E-state index contributed by atoms with van der Waals surface area (Å²) in [5.74, 6) is 1.07. The molecule has 1 saturated heterocycles. The van der Waals surface area contributed by atoms with Gasteiger partial charge in [0.2, 0.25) is 0 Å². The first-order valence-corrected chi connectivity index (χ1v) is 7.37. The van der Waals surface area contributed by atoms with Crippen molar-refractivity contribution in [3.63, 3.8) is 0 Å². The molecule has 1 aromatic heterocycles. The van der Waals surface area contributed by atoms with Gasteiger partial charge in [0.1, 0.15) is 5.82 Å². The molecule has 0 saturated carbocycles. The SMILES string of the molecule is CC(C)(CCC#N)CN[C@H]1CCN(c2ccccn2)C1. The molecule has 0 amide bonds. The summed E-state index contributed by atoms with van der Waals surface area (Å²) >= 11 is 0. The van der Waals surface area contributed by atoms with Gasteiger partial charge in [-0.15, -0.1) is 0 Å². The molecular formula is C16H24N4. The van der Waals surface area contributed by atoms with Crippen molar-refractivity contribution in [1.29, 1.82) is 5.26 Å². The van der Waals surface area contributed by atoms with Gasteiger partial charge in [-0.3, -0.25) is 0 Å². The van der Waals surface area contributed by atoms with Gasteiger partial charge in [0, 0.05) is 38.3 Å². The van der Waals surface area contributed by atoms with Gasteiger partial charge in [-0.25, -0.2) is 4.98 Å². The van der Waals surface area contributed by atoms with E-state index >= 15 is 0 Å². The third-order valence-corrected chi connectivity index (χ3v) is 3.94. The molecule has 1 N–H and O–H groups in total. The monoisotopic (exact) mass is 272 g/mol. The van der Waals surface area contributed by atoms with Crippen molar-refractivity contribution in [2.24, 2.45) is 5.41 Å². The molecule has 1 aromatic rings. The summed E-state index contributed by atoms with van der Waals surface area (Å²) < 4.78 is 0. The highest BCUT2D eigenvalue weighted by Gasteiger charge is 2.25. The zero-order chi connectivity index (χ0) is 14.4. The van der Waals surface area contributed by atoms with Crippen molar-refractivity contribution in [1.82, 2.24) is 10.3 Å². The lowest BCUT2D eigenvalue weighted by atomic mass is 9.88. The van der Waals surface area contributed by atoms with Crippen molar-refractivity contribution in [3.8, 4) is 6.07 Å². The van der Waals surface area contributed by atoms with Gasteiger partial charge in [-0.1, -0.05) is 19.9 Å². The average molecular weight is 272 g/mol. The minimum absolute atomic E-state index is 0.189. The Morgan fingerprint density at radius 2 is 2.35 bits per heavy atom. The van der Waals surface area contributed by atoms with Crippen molar-refractivity contribution < 1.29 is 0 Å². The highest BCUT2D eigenvalue weighted by atomic mass is 15.2. The number of rotatable bonds is 6. The first-order chi connectivity index (χ1) is 9.61. The van der Waals surface area contributed by atoms with E-state index in [0.29, 0.717) is 12.5 Å². The second kappa shape index (κ2) is 6.71. The van der Waals surface area contributed by atoms with Gasteiger partial charge in [-0.2, -0.15) is 5.26 Å². The van der Waals surface area contributed by atoms with Gasteiger partial charge in [-0.05, 0) is 30.4 Å². The lowest BCUT2D eigenvalue weighted by Gasteiger charge is -2.26. The van der Waals surface area contributed by atoms with Crippen LogP contribution < -0.4 is 10.2 Å². The maximum Gasteiger partial charge on any atom is 0.128 e. The molecule has 0 radical (unpaired) electrons. The Morgan fingerprint density at radius 1 is 1.50 bits per heavy atom. The van der Waals surface area contributed by atoms with Gasteiger partial charge >= 0.3 is 0 Å². The maximum atomic E-state index is 8.69. The number of nitriles is 1. The van der Waals surface area contributed by atoms with E-state index in [1.807, 2.05) is 18.3 Å². The summed E-state index contributed by atoms with van der Waals surface area (Å²) in [6.07, 6.45) is 4.60. The number of nitrogens with zero attached hydrogens (tertiary/aromatic N) is 3. The first-order valence-electron chi connectivity index (χ1n) is 7.37. The number of pyridine rings is 1. The quantitative estimate of drug-likeness (QED) is 0.865. The Bertz CT molecular complexity index is 449. The minimum Gasteiger partial charge on any atom is -0.355 e. The summed E-state index contributed by atoms with van der Waals surface area (Å²) in [6.45, 7) is 7.50. The number of hydrogen-bond donors (Lipinski definition) is 1. The second-order valence-electron chi connectivity index (χ2n) is 6.32. The van der Waals surface area contributed by atoms with Crippen LogP contribution in [-0.4, -0.2) is 30.7 Å². The van der Waals surface area contributed by atoms with Crippen LogP contribution in [0.4, 0.5) is 5.82 Å². The predicted octanol–water partition coefficient (Wildman–Crippen LogP) is 2.58. The highest BCUT2D eigenvalue weighted by molar-refractivity contribution is 5.39. The van der Waals surface area contributed by atoms with Crippen LogP contribution in [0.5, 0.6) is 0 Å². The Balaban J connectivity index is 1.78. The van der Waals surface area contributed by atoms with E-state index in [0.717, 1.165) is 38.3 Å². The summed E-state index contributed by atoms with van der Waals surface area (Å²) in [4.78, 5) is 6.74. The highest BCUT2D eigenvalue weighted by Crippen LogP contribution is 2.22. The summed E-state index contributed by atoms with van der Waals surface area (Å²) in [5, 5.41) is 12.3. The Labute approximate surface area is 121 Å². The van der Waals surface area contributed by atoms with Crippen molar-refractivity contribution >= 4 is 5.82 Å². The molecule has 2 rings (SSSR count). The molecular weight excluding hydrogens is 248 g/mol. The first kappa shape index (κ1) is 14.8. The fourth-order valence-electron chi connectivity index (χ4n) is 2.58. The van der Waals surface area contributed by atoms with Gasteiger partial charge in [0.25, 0.3) is 0 Å². The Kier molecular flexibility index (Phi) is 4.97.